The van der Waals surface area contributed by atoms with E-state index < -0.39 is 11.9 Å². The molecule has 4 nitrogen and oxygen atoms in total. The van der Waals surface area contributed by atoms with Gasteiger partial charge in [0.2, 0.25) is 5.91 Å². The van der Waals surface area contributed by atoms with E-state index in [4.69, 9.17) is 11.5 Å². The van der Waals surface area contributed by atoms with Crippen molar-refractivity contribution in [2.24, 2.45) is 11.5 Å². The Morgan fingerprint density at radius 2 is 2.07 bits per heavy atom. The Balaban J connectivity index is 2.58. The fourth-order valence-electron chi connectivity index (χ4n) is 1.50. The van der Waals surface area contributed by atoms with E-state index in [9.17, 15) is 4.79 Å². The standard InChI is InChI=1S/C10H11N3O/c11-9(10(12)14)7-5-13-8-4-2-1-3-6(7)8/h1-5,9,13H,11H2,(H2,12,14)/t9-/m0/s1. The summed E-state index contributed by atoms with van der Waals surface area (Å²) in [7, 11) is 0. The van der Waals surface area contributed by atoms with Crippen molar-refractivity contribution in [3.05, 3.63) is 36.0 Å². The lowest BCUT2D eigenvalue weighted by atomic mass is 10.1. The average molecular weight is 189 g/mol. The van der Waals surface area contributed by atoms with Crippen LogP contribution in [0.1, 0.15) is 11.6 Å². The molecule has 0 aliphatic heterocycles. The highest BCUT2D eigenvalue weighted by Crippen LogP contribution is 2.22. The Kier molecular flexibility index (Phi) is 1.98. The lowest BCUT2D eigenvalue weighted by molar-refractivity contribution is -0.119. The second-order valence-electron chi connectivity index (χ2n) is 3.17. The molecule has 0 radical (unpaired) electrons. The molecule has 1 heterocycles. The number of fused-ring (bicyclic) bond motifs is 1. The molecule has 1 aromatic heterocycles. The van der Waals surface area contributed by atoms with Crippen LogP contribution in [0.5, 0.6) is 0 Å². The monoisotopic (exact) mass is 189 g/mol. The number of H-pyrrole nitrogens is 1. The number of amides is 1. The molecule has 0 aliphatic rings. The van der Waals surface area contributed by atoms with Crippen molar-refractivity contribution < 1.29 is 4.79 Å². The molecule has 0 aliphatic carbocycles. The molecule has 2 rings (SSSR count). The van der Waals surface area contributed by atoms with E-state index in [0.717, 1.165) is 16.5 Å². The van der Waals surface area contributed by atoms with Crippen molar-refractivity contribution in [3.8, 4) is 0 Å². The quantitative estimate of drug-likeness (QED) is 0.648. The first-order valence-corrected chi connectivity index (χ1v) is 4.31. The van der Waals surface area contributed by atoms with Gasteiger partial charge in [0.1, 0.15) is 6.04 Å². The van der Waals surface area contributed by atoms with Crippen molar-refractivity contribution >= 4 is 16.8 Å². The van der Waals surface area contributed by atoms with Crippen LogP contribution in [0.2, 0.25) is 0 Å². The third kappa shape index (κ3) is 1.25. The number of primary amides is 1. The van der Waals surface area contributed by atoms with E-state index in [0.29, 0.717) is 0 Å². The number of rotatable bonds is 2. The summed E-state index contributed by atoms with van der Waals surface area (Å²) in [6.07, 6.45) is 1.72. The highest BCUT2D eigenvalue weighted by molar-refractivity contribution is 5.90. The second-order valence-corrected chi connectivity index (χ2v) is 3.17. The maximum atomic E-state index is 10.9. The molecule has 14 heavy (non-hydrogen) atoms. The van der Waals surface area contributed by atoms with Crippen LogP contribution in [0.4, 0.5) is 0 Å². The number of nitrogens with one attached hydrogen (secondary N) is 1. The number of aromatic nitrogens is 1. The average Bonchev–Trinajstić information content (AvgIpc) is 2.60. The molecule has 2 aromatic rings. The summed E-state index contributed by atoms with van der Waals surface area (Å²) in [5.41, 5.74) is 12.5. The molecule has 4 heteroatoms. The number of hydrogen-bond acceptors (Lipinski definition) is 2. The van der Waals surface area contributed by atoms with Gasteiger partial charge in [0, 0.05) is 22.7 Å². The number of hydrogen-bond donors (Lipinski definition) is 3. The SMILES string of the molecule is NC(=O)[C@@H](N)c1c[nH]c2ccccc12. The summed E-state index contributed by atoms with van der Waals surface area (Å²) in [5.74, 6) is -0.519. The highest BCUT2D eigenvalue weighted by Gasteiger charge is 2.15. The first-order valence-electron chi connectivity index (χ1n) is 4.31. The van der Waals surface area contributed by atoms with Crippen LogP contribution in [-0.2, 0) is 4.79 Å². The molecule has 0 saturated carbocycles. The van der Waals surface area contributed by atoms with Gasteiger partial charge in [0.15, 0.2) is 0 Å². The van der Waals surface area contributed by atoms with Crippen LogP contribution in [0, 0.1) is 0 Å². The first-order chi connectivity index (χ1) is 6.70. The molecule has 72 valence electrons. The van der Waals surface area contributed by atoms with Gasteiger partial charge in [-0.1, -0.05) is 18.2 Å². The molecule has 1 amide bonds. The smallest absolute Gasteiger partial charge is 0.239 e. The van der Waals surface area contributed by atoms with Crippen LogP contribution in [-0.4, -0.2) is 10.9 Å². The zero-order valence-corrected chi connectivity index (χ0v) is 7.53. The summed E-state index contributed by atoms with van der Waals surface area (Å²) in [4.78, 5) is 14.0. The van der Waals surface area contributed by atoms with Gasteiger partial charge in [0.05, 0.1) is 0 Å². The van der Waals surface area contributed by atoms with E-state index in [2.05, 4.69) is 4.98 Å². The normalized spacial score (nSPS) is 12.9. The second kappa shape index (κ2) is 3.16. The van der Waals surface area contributed by atoms with Crippen molar-refractivity contribution in [1.29, 1.82) is 0 Å². The molecular formula is C10H11N3O. The van der Waals surface area contributed by atoms with Crippen molar-refractivity contribution in [2.75, 3.05) is 0 Å². The molecule has 0 saturated heterocycles. The Morgan fingerprint density at radius 1 is 1.36 bits per heavy atom. The molecule has 0 fully saturated rings. The summed E-state index contributed by atoms with van der Waals surface area (Å²) in [6, 6.07) is 6.90. The van der Waals surface area contributed by atoms with Crippen LogP contribution in [0.15, 0.2) is 30.5 Å². The Morgan fingerprint density at radius 3 is 2.79 bits per heavy atom. The predicted octanol–water partition coefficient (Wildman–Crippen LogP) is 0.653. The predicted molar refractivity (Wildman–Crippen MR) is 54.4 cm³/mol. The van der Waals surface area contributed by atoms with E-state index in [1.165, 1.54) is 0 Å². The van der Waals surface area contributed by atoms with E-state index >= 15 is 0 Å². The topological polar surface area (TPSA) is 84.9 Å². The lowest BCUT2D eigenvalue weighted by Crippen LogP contribution is -2.27. The largest absolute Gasteiger partial charge is 0.368 e. The lowest BCUT2D eigenvalue weighted by Gasteiger charge is -2.04. The van der Waals surface area contributed by atoms with E-state index in [1.807, 2.05) is 24.3 Å². The van der Waals surface area contributed by atoms with Crippen LogP contribution < -0.4 is 11.5 Å². The Labute approximate surface area is 80.9 Å². The molecule has 0 spiro atoms. The van der Waals surface area contributed by atoms with Crippen LogP contribution in [0.3, 0.4) is 0 Å². The van der Waals surface area contributed by atoms with Gasteiger partial charge < -0.3 is 16.5 Å². The molecular weight excluding hydrogens is 178 g/mol. The van der Waals surface area contributed by atoms with Crippen molar-refractivity contribution in [2.45, 2.75) is 6.04 Å². The minimum atomic E-state index is -0.744. The number of nitrogens with two attached hydrogens (primary N) is 2. The van der Waals surface area contributed by atoms with Crippen LogP contribution >= 0.6 is 0 Å². The van der Waals surface area contributed by atoms with Gasteiger partial charge in [-0.2, -0.15) is 0 Å². The van der Waals surface area contributed by atoms with E-state index in [1.54, 1.807) is 6.20 Å². The number of benzene rings is 1. The van der Waals surface area contributed by atoms with Gasteiger partial charge in [-0.05, 0) is 6.07 Å². The van der Waals surface area contributed by atoms with Crippen molar-refractivity contribution in [3.63, 3.8) is 0 Å². The molecule has 5 N–H and O–H groups in total. The van der Waals surface area contributed by atoms with Gasteiger partial charge in [-0.15, -0.1) is 0 Å². The first kappa shape index (κ1) is 8.77. The summed E-state index contributed by atoms with van der Waals surface area (Å²) < 4.78 is 0. The summed E-state index contributed by atoms with van der Waals surface area (Å²) in [6.45, 7) is 0. The molecule has 1 atom stereocenters. The molecule has 0 unspecified atom stereocenters. The fraction of sp³-hybridized carbons (Fsp3) is 0.100. The van der Waals surface area contributed by atoms with Crippen LogP contribution in [0.25, 0.3) is 10.9 Å². The Hall–Kier alpha value is -1.81. The number of carbonyl (C=O) groups excluding carboxylic acids is 1. The fourth-order valence-corrected chi connectivity index (χ4v) is 1.50. The van der Waals surface area contributed by atoms with Gasteiger partial charge in [-0.25, -0.2) is 0 Å². The van der Waals surface area contributed by atoms with E-state index in [-0.39, 0.29) is 0 Å². The maximum Gasteiger partial charge on any atom is 0.239 e. The van der Waals surface area contributed by atoms with Gasteiger partial charge >= 0.3 is 0 Å². The number of carbonyl (C=O) groups is 1. The number of aromatic amines is 1. The maximum absolute atomic E-state index is 10.9. The molecule has 1 aromatic carbocycles. The number of para-hydroxylation sites is 1. The minimum Gasteiger partial charge on any atom is -0.368 e. The van der Waals surface area contributed by atoms with Crippen molar-refractivity contribution in [1.82, 2.24) is 4.98 Å². The highest BCUT2D eigenvalue weighted by atomic mass is 16.1. The molecule has 0 bridgehead atoms. The zero-order chi connectivity index (χ0) is 10.1. The minimum absolute atomic E-state index is 0.519. The third-order valence-electron chi connectivity index (χ3n) is 2.26. The van der Waals surface area contributed by atoms with Gasteiger partial charge in [-0.3, -0.25) is 4.79 Å². The Bertz CT molecular complexity index is 475. The summed E-state index contributed by atoms with van der Waals surface area (Å²) in [5, 5.41) is 0.943. The summed E-state index contributed by atoms with van der Waals surface area (Å²) >= 11 is 0. The van der Waals surface area contributed by atoms with Gasteiger partial charge in [0.25, 0.3) is 0 Å². The zero-order valence-electron chi connectivity index (χ0n) is 7.53. The third-order valence-corrected chi connectivity index (χ3v) is 2.26.